The molecule has 2 heterocycles. The van der Waals surface area contributed by atoms with E-state index in [1.807, 2.05) is 30.3 Å². The Labute approximate surface area is 118 Å². The predicted octanol–water partition coefficient (Wildman–Crippen LogP) is 1.57. The fourth-order valence-electron chi connectivity index (χ4n) is 2.06. The number of aromatic nitrogens is 2. The van der Waals surface area contributed by atoms with Crippen LogP contribution in [0.15, 0.2) is 45.3 Å². The van der Waals surface area contributed by atoms with Gasteiger partial charge in [-0.25, -0.2) is 0 Å². The molecule has 0 fully saturated rings. The summed E-state index contributed by atoms with van der Waals surface area (Å²) in [4.78, 5) is 28.4. The van der Waals surface area contributed by atoms with E-state index in [4.69, 9.17) is 0 Å². The largest absolute Gasteiger partial charge is 0.322 e. The number of rotatable bonds is 4. The van der Waals surface area contributed by atoms with Crippen molar-refractivity contribution >= 4 is 22.2 Å². The zero-order valence-corrected chi connectivity index (χ0v) is 11.4. The van der Waals surface area contributed by atoms with Gasteiger partial charge in [0.2, 0.25) is 0 Å². The number of benzene rings is 1. The van der Waals surface area contributed by atoms with Crippen molar-refractivity contribution < 1.29 is 0 Å². The van der Waals surface area contributed by atoms with E-state index >= 15 is 0 Å². The summed E-state index contributed by atoms with van der Waals surface area (Å²) >= 11 is 1.14. The highest BCUT2D eigenvalue weighted by Gasteiger charge is 2.03. The Kier molecular flexibility index (Phi) is 3.49. The van der Waals surface area contributed by atoms with Crippen LogP contribution in [0.5, 0.6) is 0 Å². The summed E-state index contributed by atoms with van der Waals surface area (Å²) < 4.78 is 0. The van der Waals surface area contributed by atoms with Crippen molar-refractivity contribution in [3.63, 3.8) is 0 Å². The van der Waals surface area contributed by atoms with Crippen LogP contribution in [-0.2, 0) is 13.1 Å². The molecular weight excluding hydrogens is 274 g/mol. The molecule has 0 radical (unpaired) electrons. The lowest BCUT2D eigenvalue weighted by atomic mass is 10.1. The van der Waals surface area contributed by atoms with Gasteiger partial charge < -0.3 is 15.3 Å². The molecule has 0 saturated carbocycles. The third kappa shape index (κ3) is 2.71. The molecule has 0 atom stereocenters. The fourth-order valence-corrected chi connectivity index (χ4v) is 2.64. The van der Waals surface area contributed by atoms with E-state index < -0.39 is 0 Å². The SMILES string of the molecule is O=c1[nH]c(CNCc2cc3ccccc3[nH]c2=O)cs1. The molecule has 0 spiro atoms. The molecule has 1 aromatic carbocycles. The molecule has 0 saturated heterocycles. The number of fused-ring (bicyclic) bond motifs is 1. The molecule has 0 aliphatic heterocycles. The number of para-hydroxylation sites is 1. The van der Waals surface area contributed by atoms with E-state index in [0.29, 0.717) is 18.7 Å². The maximum absolute atomic E-state index is 11.9. The molecule has 6 heteroatoms. The number of nitrogens with one attached hydrogen (secondary N) is 3. The van der Waals surface area contributed by atoms with Crippen LogP contribution < -0.4 is 15.7 Å². The molecule has 3 rings (SSSR count). The zero-order chi connectivity index (χ0) is 13.9. The Morgan fingerprint density at radius 2 is 1.95 bits per heavy atom. The smallest absolute Gasteiger partial charge is 0.304 e. The Balaban J connectivity index is 1.75. The van der Waals surface area contributed by atoms with E-state index in [2.05, 4.69) is 15.3 Å². The van der Waals surface area contributed by atoms with Crippen molar-refractivity contribution in [3.05, 3.63) is 67.0 Å². The number of hydrogen-bond acceptors (Lipinski definition) is 4. The summed E-state index contributed by atoms with van der Waals surface area (Å²) in [6.07, 6.45) is 0. The highest BCUT2D eigenvalue weighted by Crippen LogP contribution is 2.09. The summed E-state index contributed by atoms with van der Waals surface area (Å²) in [5, 5.41) is 5.94. The average molecular weight is 287 g/mol. The Bertz CT molecular complexity index is 847. The van der Waals surface area contributed by atoms with Gasteiger partial charge in [-0.2, -0.15) is 0 Å². The Morgan fingerprint density at radius 3 is 2.75 bits per heavy atom. The van der Waals surface area contributed by atoms with Gasteiger partial charge >= 0.3 is 4.87 Å². The summed E-state index contributed by atoms with van der Waals surface area (Å²) in [5.41, 5.74) is 2.26. The third-order valence-corrected chi connectivity index (χ3v) is 3.75. The standard InChI is InChI=1S/C14H13N3O2S/c18-13-10(5-9-3-1-2-4-12(9)17-13)6-15-7-11-8-20-14(19)16-11/h1-5,8,15H,6-7H2,(H,16,19)(H,17,18). The summed E-state index contributed by atoms with van der Waals surface area (Å²) in [6.45, 7) is 0.989. The lowest BCUT2D eigenvalue weighted by Crippen LogP contribution is -2.21. The Morgan fingerprint density at radius 1 is 1.10 bits per heavy atom. The van der Waals surface area contributed by atoms with Crippen molar-refractivity contribution in [3.8, 4) is 0 Å². The molecule has 0 bridgehead atoms. The summed E-state index contributed by atoms with van der Waals surface area (Å²) in [6, 6.07) is 9.56. The van der Waals surface area contributed by atoms with E-state index in [1.165, 1.54) is 0 Å². The molecule has 0 aliphatic carbocycles. The van der Waals surface area contributed by atoms with Crippen molar-refractivity contribution in [1.82, 2.24) is 15.3 Å². The monoisotopic (exact) mass is 287 g/mol. The fraction of sp³-hybridized carbons (Fsp3) is 0.143. The van der Waals surface area contributed by atoms with Crippen LogP contribution in [0.1, 0.15) is 11.3 Å². The molecule has 3 aromatic rings. The maximum Gasteiger partial charge on any atom is 0.304 e. The maximum atomic E-state index is 11.9. The van der Waals surface area contributed by atoms with E-state index in [1.54, 1.807) is 5.38 Å². The highest BCUT2D eigenvalue weighted by molar-refractivity contribution is 7.07. The molecule has 2 aromatic heterocycles. The van der Waals surface area contributed by atoms with Crippen molar-refractivity contribution in [1.29, 1.82) is 0 Å². The van der Waals surface area contributed by atoms with Gasteiger partial charge in [-0.15, -0.1) is 0 Å². The van der Waals surface area contributed by atoms with Crippen molar-refractivity contribution in [2.45, 2.75) is 13.1 Å². The second-order valence-electron chi connectivity index (χ2n) is 4.49. The number of aromatic amines is 2. The quantitative estimate of drug-likeness (QED) is 0.681. The van der Waals surface area contributed by atoms with E-state index in [0.717, 1.165) is 27.9 Å². The minimum atomic E-state index is -0.0880. The van der Waals surface area contributed by atoms with Gasteiger partial charge in [-0.1, -0.05) is 29.5 Å². The first-order chi connectivity index (χ1) is 9.72. The lowest BCUT2D eigenvalue weighted by molar-refractivity contribution is 0.677. The normalized spacial score (nSPS) is 11.0. The minimum Gasteiger partial charge on any atom is -0.322 e. The van der Waals surface area contributed by atoms with Crippen LogP contribution in [0, 0.1) is 0 Å². The second kappa shape index (κ2) is 5.44. The molecule has 5 nitrogen and oxygen atoms in total. The topological polar surface area (TPSA) is 77.8 Å². The van der Waals surface area contributed by atoms with Gasteiger partial charge in [0.1, 0.15) is 0 Å². The number of thiazole rings is 1. The van der Waals surface area contributed by atoms with Gasteiger partial charge in [0, 0.05) is 35.2 Å². The molecular formula is C14H13N3O2S. The van der Waals surface area contributed by atoms with Crippen LogP contribution >= 0.6 is 11.3 Å². The molecule has 20 heavy (non-hydrogen) atoms. The van der Waals surface area contributed by atoms with Gasteiger partial charge in [-0.3, -0.25) is 9.59 Å². The molecule has 0 aliphatic rings. The van der Waals surface area contributed by atoms with Crippen LogP contribution in [0.3, 0.4) is 0 Å². The summed E-state index contributed by atoms with van der Waals surface area (Å²) in [7, 11) is 0. The average Bonchev–Trinajstić information content (AvgIpc) is 2.85. The molecule has 0 unspecified atom stereocenters. The van der Waals surface area contributed by atoms with E-state index in [-0.39, 0.29) is 10.4 Å². The van der Waals surface area contributed by atoms with Crippen LogP contribution in [0.4, 0.5) is 0 Å². The van der Waals surface area contributed by atoms with E-state index in [9.17, 15) is 9.59 Å². The number of pyridine rings is 1. The first kappa shape index (κ1) is 12.8. The zero-order valence-electron chi connectivity index (χ0n) is 10.6. The first-order valence-electron chi connectivity index (χ1n) is 6.21. The summed E-state index contributed by atoms with van der Waals surface area (Å²) in [5.74, 6) is 0. The predicted molar refractivity (Wildman–Crippen MR) is 80.1 cm³/mol. The van der Waals surface area contributed by atoms with Crippen molar-refractivity contribution in [2.24, 2.45) is 0 Å². The van der Waals surface area contributed by atoms with Crippen LogP contribution in [0.2, 0.25) is 0 Å². The molecule has 0 amide bonds. The van der Waals surface area contributed by atoms with Gasteiger partial charge in [-0.05, 0) is 17.5 Å². The number of hydrogen-bond donors (Lipinski definition) is 3. The van der Waals surface area contributed by atoms with Crippen LogP contribution in [-0.4, -0.2) is 9.97 Å². The minimum absolute atomic E-state index is 0.0645. The molecule has 3 N–H and O–H groups in total. The van der Waals surface area contributed by atoms with Crippen LogP contribution in [0.25, 0.3) is 10.9 Å². The lowest BCUT2D eigenvalue weighted by Gasteiger charge is -2.04. The highest BCUT2D eigenvalue weighted by atomic mass is 32.1. The third-order valence-electron chi connectivity index (χ3n) is 3.03. The second-order valence-corrected chi connectivity index (χ2v) is 5.33. The molecule has 102 valence electrons. The number of H-pyrrole nitrogens is 2. The van der Waals surface area contributed by atoms with Gasteiger partial charge in [0.25, 0.3) is 5.56 Å². The van der Waals surface area contributed by atoms with Crippen molar-refractivity contribution in [2.75, 3.05) is 0 Å². The van der Waals surface area contributed by atoms with Gasteiger partial charge in [0.05, 0.1) is 0 Å². The Hall–Kier alpha value is -2.18. The first-order valence-corrected chi connectivity index (χ1v) is 7.09. The van der Waals surface area contributed by atoms with Gasteiger partial charge in [0.15, 0.2) is 0 Å².